The van der Waals surface area contributed by atoms with E-state index < -0.39 is 0 Å². The van der Waals surface area contributed by atoms with E-state index in [0.29, 0.717) is 17.0 Å². The van der Waals surface area contributed by atoms with Crippen molar-refractivity contribution in [1.29, 1.82) is 5.26 Å². The summed E-state index contributed by atoms with van der Waals surface area (Å²) < 4.78 is 15.5. The van der Waals surface area contributed by atoms with Crippen LogP contribution in [0.4, 0.5) is 4.39 Å². The molecule has 0 aliphatic heterocycles. The average molecular weight is 313 g/mol. The quantitative estimate of drug-likeness (QED) is 0.676. The van der Waals surface area contributed by atoms with Crippen LogP contribution in [0, 0.1) is 17.1 Å². The van der Waals surface area contributed by atoms with Crippen molar-refractivity contribution in [3.63, 3.8) is 0 Å². The highest BCUT2D eigenvalue weighted by molar-refractivity contribution is 6.29. The number of aryl methyl sites for hydroxylation is 1. The van der Waals surface area contributed by atoms with Gasteiger partial charge in [-0.05, 0) is 35.4 Å². The largest absolute Gasteiger partial charge is 0.334 e. The van der Waals surface area contributed by atoms with Gasteiger partial charge in [0.25, 0.3) is 0 Å². The predicted molar refractivity (Wildman–Crippen MR) is 81.6 cm³/mol. The van der Waals surface area contributed by atoms with Gasteiger partial charge in [0.2, 0.25) is 0 Å². The minimum Gasteiger partial charge on any atom is -0.334 e. The van der Waals surface area contributed by atoms with E-state index in [1.54, 1.807) is 35.2 Å². The highest BCUT2D eigenvalue weighted by atomic mass is 35.5. The predicted octanol–water partition coefficient (Wildman–Crippen LogP) is 3.81. The third kappa shape index (κ3) is 2.57. The molecule has 0 saturated heterocycles. The van der Waals surface area contributed by atoms with E-state index >= 15 is 0 Å². The van der Waals surface area contributed by atoms with Crippen molar-refractivity contribution in [3.8, 4) is 28.6 Å². The maximum absolute atomic E-state index is 13.7. The highest BCUT2D eigenvalue weighted by Gasteiger charge is 2.14. The van der Waals surface area contributed by atoms with Crippen LogP contribution in [0.25, 0.3) is 22.5 Å². The number of pyridine rings is 1. The van der Waals surface area contributed by atoms with Gasteiger partial charge in [-0.3, -0.25) is 0 Å². The molecule has 2 aromatic heterocycles. The third-order valence-corrected chi connectivity index (χ3v) is 3.46. The Balaban J connectivity index is 2.27. The molecule has 0 amide bonds. The molecule has 0 bridgehead atoms. The Bertz CT molecular complexity index is 895. The highest BCUT2D eigenvalue weighted by Crippen LogP contribution is 2.33. The van der Waals surface area contributed by atoms with Gasteiger partial charge in [-0.15, -0.1) is 0 Å². The lowest BCUT2D eigenvalue weighted by molar-refractivity contribution is 0.628. The first-order valence-electron chi connectivity index (χ1n) is 6.44. The molecular formula is C16H10ClFN4. The number of nitriles is 1. The topological polar surface area (TPSA) is 54.5 Å². The summed E-state index contributed by atoms with van der Waals surface area (Å²) in [5.41, 5.74) is 2.25. The monoisotopic (exact) mass is 312 g/mol. The zero-order valence-electron chi connectivity index (χ0n) is 11.6. The molecule has 0 radical (unpaired) electrons. The zero-order chi connectivity index (χ0) is 15.7. The summed E-state index contributed by atoms with van der Waals surface area (Å²) in [5, 5.41) is 9.24. The molecule has 6 heteroatoms. The van der Waals surface area contributed by atoms with Crippen LogP contribution in [0.5, 0.6) is 0 Å². The summed E-state index contributed by atoms with van der Waals surface area (Å²) in [6.45, 7) is 0. The number of halogens is 2. The van der Waals surface area contributed by atoms with Gasteiger partial charge in [0.1, 0.15) is 28.6 Å². The summed E-state index contributed by atoms with van der Waals surface area (Å²) in [6, 6.07) is 9.65. The van der Waals surface area contributed by atoms with Gasteiger partial charge < -0.3 is 4.57 Å². The fraction of sp³-hybridized carbons (Fsp3) is 0.0625. The zero-order valence-corrected chi connectivity index (χ0v) is 12.3. The maximum atomic E-state index is 13.7. The van der Waals surface area contributed by atoms with Crippen LogP contribution in [0.1, 0.15) is 5.69 Å². The van der Waals surface area contributed by atoms with Crippen LogP contribution in [0.2, 0.25) is 5.15 Å². The molecule has 4 nitrogen and oxygen atoms in total. The first-order chi connectivity index (χ1) is 10.6. The molecule has 0 unspecified atom stereocenters. The van der Waals surface area contributed by atoms with Crippen molar-refractivity contribution < 1.29 is 4.39 Å². The van der Waals surface area contributed by atoms with Crippen molar-refractivity contribution >= 4 is 11.6 Å². The van der Waals surface area contributed by atoms with E-state index in [1.165, 1.54) is 12.1 Å². The van der Waals surface area contributed by atoms with E-state index in [1.807, 2.05) is 13.1 Å². The lowest BCUT2D eigenvalue weighted by Gasteiger charge is -2.10. The molecule has 22 heavy (non-hydrogen) atoms. The number of rotatable bonds is 2. The summed E-state index contributed by atoms with van der Waals surface area (Å²) in [4.78, 5) is 8.18. The van der Waals surface area contributed by atoms with Gasteiger partial charge >= 0.3 is 0 Å². The first kappa shape index (κ1) is 14.2. The van der Waals surface area contributed by atoms with Gasteiger partial charge in [-0.2, -0.15) is 5.26 Å². The summed E-state index contributed by atoms with van der Waals surface area (Å²) >= 11 is 5.96. The van der Waals surface area contributed by atoms with Gasteiger partial charge in [-0.25, -0.2) is 14.4 Å². The van der Waals surface area contributed by atoms with Crippen LogP contribution >= 0.6 is 11.6 Å². The molecule has 3 rings (SSSR count). The van der Waals surface area contributed by atoms with Gasteiger partial charge in [-0.1, -0.05) is 17.7 Å². The van der Waals surface area contributed by atoms with E-state index in [4.69, 9.17) is 16.9 Å². The van der Waals surface area contributed by atoms with Crippen LogP contribution in [0.3, 0.4) is 0 Å². The number of hydrogen-bond acceptors (Lipinski definition) is 3. The van der Waals surface area contributed by atoms with Crippen molar-refractivity contribution in [2.75, 3.05) is 0 Å². The lowest BCUT2D eigenvalue weighted by atomic mass is 9.99. The standard InChI is InChI=1S/C16H10ClFN4/c1-22-5-4-20-16(22)14-8-11(18)2-3-13(14)10-6-12(9-19)21-15(17)7-10/h2-8H,1H3. The Morgan fingerprint density at radius 3 is 2.73 bits per heavy atom. The number of hydrogen-bond donors (Lipinski definition) is 0. The maximum Gasteiger partial charge on any atom is 0.142 e. The average Bonchev–Trinajstić information content (AvgIpc) is 2.92. The number of benzene rings is 1. The molecule has 3 aromatic rings. The smallest absolute Gasteiger partial charge is 0.142 e. The fourth-order valence-corrected chi connectivity index (χ4v) is 2.50. The Morgan fingerprint density at radius 1 is 1.23 bits per heavy atom. The summed E-state index contributed by atoms with van der Waals surface area (Å²) in [6.07, 6.45) is 3.43. The van der Waals surface area contributed by atoms with E-state index in [2.05, 4.69) is 9.97 Å². The van der Waals surface area contributed by atoms with E-state index in [-0.39, 0.29) is 16.7 Å². The second-order valence-corrected chi connectivity index (χ2v) is 5.11. The van der Waals surface area contributed by atoms with Gasteiger partial charge in [0.15, 0.2) is 0 Å². The van der Waals surface area contributed by atoms with Gasteiger partial charge in [0.05, 0.1) is 0 Å². The Morgan fingerprint density at radius 2 is 2.05 bits per heavy atom. The van der Waals surface area contributed by atoms with Crippen LogP contribution < -0.4 is 0 Å². The van der Waals surface area contributed by atoms with Crippen LogP contribution in [0.15, 0.2) is 42.7 Å². The van der Waals surface area contributed by atoms with Gasteiger partial charge in [0, 0.05) is 25.0 Å². The minimum absolute atomic E-state index is 0.206. The van der Waals surface area contributed by atoms with E-state index in [0.717, 1.165) is 5.56 Å². The van der Waals surface area contributed by atoms with Crippen LogP contribution in [-0.4, -0.2) is 14.5 Å². The molecule has 1 aromatic carbocycles. The molecule has 0 N–H and O–H groups in total. The van der Waals surface area contributed by atoms with Crippen molar-refractivity contribution in [1.82, 2.24) is 14.5 Å². The molecule has 0 spiro atoms. The molecule has 0 aliphatic rings. The lowest BCUT2D eigenvalue weighted by Crippen LogP contribution is -1.96. The second-order valence-electron chi connectivity index (χ2n) is 4.73. The van der Waals surface area contributed by atoms with Crippen molar-refractivity contribution in [2.24, 2.45) is 7.05 Å². The first-order valence-corrected chi connectivity index (χ1v) is 6.81. The fourth-order valence-electron chi connectivity index (χ4n) is 2.29. The molecule has 0 saturated carbocycles. The number of imidazole rings is 1. The van der Waals surface area contributed by atoms with Crippen molar-refractivity contribution in [2.45, 2.75) is 0 Å². The summed E-state index contributed by atoms with van der Waals surface area (Å²) in [5.74, 6) is 0.267. The minimum atomic E-state index is -0.359. The second kappa shape index (κ2) is 5.58. The molecular weight excluding hydrogens is 303 g/mol. The molecule has 0 atom stereocenters. The Labute approximate surface area is 131 Å². The third-order valence-electron chi connectivity index (χ3n) is 3.26. The number of nitrogens with zero attached hydrogens (tertiary/aromatic N) is 4. The van der Waals surface area contributed by atoms with E-state index in [9.17, 15) is 4.39 Å². The van der Waals surface area contributed by atoms with Crippen LogP contribution in [-0.2, 0) is 7.05 Å². The molecule has 108 valence electrons. The SMILES string of the molecule is Cn1ccnc1-c1cc(F)ccc1-c1cc(Cl)nc(C#N)c1. The molecule has 2 heterocycles. The normalized spacial score (nSPS) is 10.5. The number of aromatic nitrogens is 3. The summed E-state index contributed by atoms with van der Waals surface area (Å²) in [7, 11) is 1.83. The molecule has 0 aliphatic carbocycles. The Kier molecular flexibility index (Phi) is 3.61. The Hall–Kier alpha value is -2.71. The molecule has 0 fully saturated rings. The van der Waals surface area contributed by atoms with Crippen molar-refractivity contribution in [3.05, 3.63) is 59.4 Å².